The Morgan fingerprint density at radius 3 is 2.79 bits per heavy atom. The largest absolute Gasteiger partial charge is 0.342 e. The number of likely N-dealkylation sites (tertiary alicyclic amines) is 1. The molecule has 1 fully saturated rings. The normalized spacial score (nSPS) is 22.4. The highest BCUT2D eigenvalue weighted by Crippen LogP contribution is 2.18. The number of carbonyl (C=O) groups is 1. The van der Waals surface area contributed by atoms with Gasteiger partial charge >= 0.3 is 0 Å². The molecule has 1 saturated heterocycles. The number of carbonyl (C=O) groups excluding carboxylic acids is 1. The van der Waals surface area contributed by atoms with Gasteiger partial charge in [-0.2, -0.15) is 12.6 Å². The molecule has 1 unspecified atom stereocenters. The maximum Gasteiger partial charge on any atom is 0.222 e. The zero-order valence-corrected chi connectivity index (χ0v) is 9.96. The number of nitrogens with zero attached hydrogens (tertiary/aromatic N) is 2. The molecule has 0 spiro atoms. The second-order valence-electron chi connectivity index (χ2n) is 4.25. The van der Waals surface area contributed by atoms with Crippen molar-refractivity contribution in [1.82, 2.24) is 9.80 Å². The third kappa shape index (κ3) is 3.50. The zero-order chi connectivity index (χ0) is 10.6. The summed E-state index contributed by atoms with van der Waals surface area (Å²) in [5.41, 5.74) is 0. The summed E-state index contributed by atoms with van der Waals surface area (Å²) in [6, 6.07) is 0. The standard InChI is InChI=1S/C10H20N2OS/c1-11(2)4-3-5-12-7-9(8-14)6-10(12)13/h9,14H,3-8H2,1-2H3. The Morgan fingerprint density at radius 2 is 2.29 bits per heavy atom. The van der Waals surface area contributed by atoms with Gasteiger partial charge in [0.1, 0.15) is 0 Å². The molecule has 1 amide bonds. The van der Waals surface area contributed by atoms with E-state index in [4.69, 9.17) is 0 Å². The van der Waals surface area contributed by atoms with Gasteiger partial charge in [0.05, 0.1) is 0 Å². The van der Waals surface area contributed by atoms with Crippen molar-refractivity contribution in [2.45, 2.75) is 12.8 Å². The van der Waals surface area contributed by atoms with Gasteiger partial charge in [-0.3, -0.25) is 4.79 Å². The van der Waals surface area contributed by atoms with E-state index in [0.29, 0.717) is 18.2 Å². The summed E-state index contributed by atoms with van der Waals surface area (Å²) in [7, 11) is 4.12. The van der Waals surface area contributed by atoms with Gasteiger partial charge in [0, 0.05) is 19.5 Å². The molecule has 0 saturated carbocycles. The van der Waals surface area contributed by atoms with E-state index >= 15 is 0 Å². The van der Waals surface area contributed by atoms with Crippen molar-refractivity contribution in [3.8, 4) is 0 Å². The number of rotatable bonds is 5. The fourth-order valence-electron chi connectivity index (χ4n) is 1.77. The molecular formula is C10H20N2OS. The molecule has 0 aromatic heterocycles. The predicted molar refractivity (Wildman–Crippen MR) is 61.7 cm³/mol. The van der Waals surface area contributed by atoms with Crippen molar-refractivity contribution in [3.63, 3.8) is 0 Å². The first-order valence-electron chi connectivity index (χ1n) is 5.17. The highest BCUT2D eigenvalue weighted by Gasteiger charge is 2.27. The average Bonchev–Trinajstić information content (AvgIpc) is 2.47. The first kappa shape index (κ1) is 11.9. The molecule has 3 nitrogen and oxygen atoms in total. The van der Waals surface area contributed by atoms with Crippen molar-refractivity contribution in [3.05, 3.63) is 0 Å². The molecule has 1 heterocycles. The average molecular weight is 216 g/mol. The van der Waals surface area contributed by atoms with Gasteiger partial charge in [-0.05, 0) is 38.7 Å². The number of hydrogen-bond donors (Lipinski definition) is 1. The minimum absolute atomic E-state index is 0.308. The van der Waals surface area contributed by atoms with E-state index in [2.05, 4.69) is 31.6 Å². The van der Waals surface area contributed by atoms with E-state index in [-0.39, 0.29) is 0 Å². The third-order valence-corrected chi connectivity index (χ3v) is 3.10. The van der Waals surface area contributed by atoms with Gasteiger partial charge < -0.3 is 9.80 Å². The van der Waals surface area contributed by atoms with Crippen molar-refractivity contribution in [1.29, 1.82) is 0 Å². The summed E-state index contributed by atoms with van der Waals surface area (Å²) in [4.78, 5) is 15.6. The molecule has 1 aliphatic heterocycles. The second-order valence-corrected chi connectivity index (χ2v) is 4.61. The molecule has 0 bridgehead atoms. The monoisotopic (exact) mass is 216 g/mol. The Labute approximate surface area is 91.9 Å². The van der Waals surface area contributed by atoms with Gasteiger partial charge in [-0.25, -0.2) is 0 Å². The van der Waals surface area contributed by atoms with Crippen molar-refractivity contribution in [2.75, 3.05) is 39.5 Å². The lowest BCUT2D eigenvalue weighted by molar-refractivity contribution is -0.127. The zero-order valence-electron chi connectivity index (χ0n) is 9.07. The molecule has 4 heteroatoms. The SMILES string of the molecule is CN(C)CCCN1CC(CS)CC1=O. The first-order chi connectivity index (χ1) is 6.63. The topological polar surface area (TPSA) is 23.6 Å². The highest BCUT2D eigenvalue weighted by atomic mass is 32.1. The van der Waals surface area contributed by atoms with Gasteiger partial charge in [0.25, 0.3) is 0 Å². The summed E-state index contributed by atoms with van der Waals surface area (Å²) in [5.74, 6) is 1.61. The molecule has 0 N–H and O–H groups in total. The summed E-state index contributed by atoms with van der Waals surface area (Å²) in [6.45, 7) is 2.87. The van der Waals surface area contributed by atoms with Crippen LogP contribution in [0.4, 0.5) is 0 Å². The van der Waals surface area contributed by atoms with Crippen LogP contribution in [0.1, 0.15) is 12.8 Å². The highest BCUT2D eigenvalue weighted by molar-refractivity contribution is 7.80. The van der Waals surface area contributed by atoms with Crippen molar-refractivity contribution >= 4 is 18.5 Å². The minimum Gasteiger partial charge on any atom is -0.342 e. The van der Waals surface area contributed by atoms with Gasteiger partial charge in [-0.1, -0.05) is 0 Å². The smallest absolute Gasteiger partial charge is 0.222 e. The quantitative estimate of drug-likeness (QED) is 0.685. The van der Waals surface area contributed by atoms with Crippen molar-refractivity contribution < 1.29 is 4.79 Å². The maximum absolute atomic E-state index is 11.5. The number of amides is 1. The summed E-state index contributed by atoms with van der Waals surface area (Å²) < 4.78 is 0. The molecule has 1 rings (SSSR count). The lowest BCUT2D eigenvalue weighted by Gasteiger charge is -2.17. The fraction of sp³-hybridized carbons (Fsp3) is 0.900. The second kappa shape index (κ2) is 5.61. The van der Waals surface area contributed by atoms with E-state index in [0.717, 1.165) is 31.8 Å². The molecule has 1 aliphatic rings. The Kier molecular flexibility index (Phi) is 4.75. The molecule has 1 atom stereocenters. The summed E-state index contributed by atoms with van der Waals surface area (Å²) >= 11 is 4.23. The van der Waals surface area contributed by atoms with E-state index in [1.165, 1.54) is 0 Å². The van der Waals surface area contributed by atoms with E-state index < -0.39 is 0 Å². The predicted octanol–water partition coefficient (Wildman–Crippen LogP) is 0.716. The van der Waals surface area contributed by atoms with Crippen LogP contribution in [0, 0.1) is 5.92 Å². The van der Waals surface area contributed by atoms with Crippen LogP contribution in [0.25, 0.3) is 0 Å². The molecule has 82 valence electrons. The molecule has 0 aliphatic carbocycles. The Morgan fingerprint density at radius 1 is 1.57 bits per heavy atom. The van der Waals surface area contributed by atoms with Crippen LogP contribution in [0.3, 0.4) is 0 Å². The van der Waals surface area contributed by atoms with Crippen LogP contribution in [-0.2, 0) is 4.79 Å². The Bertz CT molecular complexity index is 197. The maximum atomic E-state index is 11.5. The van der Waals surface area contributed by atoms with Crippen LogP contribution < -0.4 is 0 Å². The van der Waals surface area contributed by atoms with Crippen LogP contribution in [0.2, 0.25) is 0 Å². The van der Waals surface area contributed by atoms with Crippen LogP contribution in [-0.4, -0.2) is 55.2 Å². The first-order valence-corrected chi connectivity index (χ1v) is 5.80. The Balaban J connectivity index is 2.21. The van der Waals surface area contributed by atoms with E-state index in [1.54, 1.807) is 0 Å². The molecule has 0 aromatic carbocycles. The van der Waals surface area contributed by atoms with Gasteiger partial charge in [-0.15, -0.1) is 0 Å². The molecule has 14 heavy (non-hydrogen) atoms. The fourth-order valence-corrected chi connectivity index (χ4v) is 2.01. The molecule has 0 radical (unpaired) electrons. The lowest BCUT2D eigenvalue weighted by atomic mass is 10.1. The molecular weight excluding hydrogens is 196 g/mol. The van der Waals surface area contributed by atoms with Crippen LogP contribution in [0.15, 0.2) is 0 Å². The minimum atomic E-state index is 0.308. The lowest BCUT2D eigenvalue weighted by Crippen LogP contribution is -2.28. The number of thiol groups is 1. The number of hydrogen-bond acceptors (Lipinski definition) is 3. The van der Waals surface area contributed by atoms with Gasteiger partial charge in [0.2, 0.25) is 5.91 Å². The van der Waals surface area contributed by atoms with Crippen LogP contribution in [0.5, 0.6) is 0 Å². The van der Waals surface area contributed by atoms with Crippen molar-refractivity contribution in [2.24, 2.45) is 5.92 Å². The van der Waals surface area contributed by atoms with E-state index in [9.17, 15) is 4.79 Å². The third-order valence-electron chi connectivity index (χ3n) is 2.59. The molecule has 0 aromatic rings. The van der Waals surface area contributed by atoms with Crippen LogP contribution >= 0.6 is 12.6 Å². The summed E-state index contributed by atoms with van der Waals surface area (Å²) in [6.07, 6.45) is 1.77. The summed E-state index contributed by atoms with van der Waals surface area (Å²) in [5, 5.41) is 0. The van der Waals surface area contributed by atoms with E-state index in [1.807, 2.05) is 4.90 Å². The Hall–Kier alpha value is -0.220. The van der Waals surface area contributed by atoms with Gasteiger partial charge in [0.15, 0.2) is 0 Å².